The molecule has 128 valence electrons. The van der Waals surface area contributed by atoms with Crippen LogP contribution in [-0.4, -0.2) is 21.4 Å². The molecule has 1 heterocycles. The van der Waals surface area contributed by atoms with Gasteiger partial charge in [0.05, 0.1) is 5.39 Å². The highest BCUT2D eigenvalue weighted by atomic mass is 16.2. The molecule has 25 heavy (non-hydrogen) atoms. The summed E-state index contributed by atoms with van der Waals surface area (Å²) in [6.07, 6.45) is 7.08. The lowest BCUT2D eigenvalue weighted by molar-refractivity contribution is 0.0948. The van der Waals surface area contributed by atoms with E-state index in [0.717, 1.165) is 25.0 Å². The minimum atomic E-state index is -0.372. The van der Waals surface area contributed by atoms with Gasteiger partial charge in [0, 0.05) is 23.6 Å². The van der Waals surface area contributed by atoms with Gasteiger partial charge in [-0.05, 0) is 31.2 Å². The smallest absolute Gasteiger partial charge is 0.267 e. The first kappa shape index (κ1) is 15.7. The Hall–Kier alpha value is -2.76. The monoisotopic (exact) mass is 336 g/mol. The maximum Gasteiger partial charge on any atom is 0.292 e. The van der Waals surface area contributed by atoms with E-state index in [1.807, 2.05) is 6.92 Å². The van der Waals surface area contributed by atoms with E-state index in [4.69, 9.17) is 0 Å². The van der Waals surface area contributed by atoms with Crippen LogP contribution < -0.4 is 11.0 Å². The van der Waals surface area contributed by atoms with Crippen LogP contribution in [-0.2, 0) is 6.54 Å². The van der Waals surface area contributed by atoms with Crippen molar-refractivity contribution in [3.05, 3.63) is 52.5 Å². The van der Waals surface area contributed by atoms with Gasteiger partial charge in [-0.1, -0.05) is 37.3 Å². The second kappa shape index (κ2) is 6.27. The van der Waals surface area contributed by atoms with E-state index >= 15 is 0 Å². The van der Waals surface area contributed by atoms with Crippen LogP contribution in [0.2, 0.25) is 0 Å². The topological polar surface area (TPSA) is 76.3 Å². The van der Waals surface area contributed by atoms with Gasteiger partial charge in [0.25, 0.3) is 11.5 Å². The average Bonchev–Trinajstić information content (AvgIpc) is 2.98. The molecule has 0 radical (unpaired) electrons. The Morgan fingerprint density at radius 1 is 1.36 bits per heavy atom. The summed E-state index contributed by atoms with van der Waals surface area (Å²) < 4.78 is 1.37. The number of hydrogen-bond donors (Lipinski definition) is 1. The van der Waals surface area contributed by atoms with E-state index in [1.54, 1.807) is 24.3 Å². The Bertz CT molecular complexity index is 958. The van der Waals surface area contributed by atoms with Crippen LogP contribution in [0.25, 0.3) is 10.8 Å². The predicted octanol–water partition coefficient (Wildman–Crippen LogP) is 2.49. The third-order valence-electron chi connectivity index (χ3n) is 4.98. The summed E-state index contributed by atoms with van der Waals surface area (Å²) in [5.74, 6) is 0.656. The minimum Gasteiger partial charge on any atom is -0.267 e. The molecule has 1 N–H and O–H groups in total. The first-order valence-corrected chi connectivity index (χ1v) is 8.72. The maximum absolute atomic E-state index is 12.7. The second-order valence-electron chi connectivity index (χ2n) is 6.60. The van der Waals surface area contributed by atoms with Crippen LogP contribution >= 0.6 is 0 Å². The van der Waals surface area contributed by atoms with E-state index in [9.17, 15) is 9.59 Å². The van der Waals surface area contributed by atoms with Gasteiger partial charge < -0.3 is 0 Å². The summed E-state index contributed by atoms with van der Waals surface area (Å²) in [7, 11) is 0. The van der Waals surface area contributed by atoms with Gasteiger partial charge in [0.15, 0.2) is 5.69 Å². The molecule has 1 fully saturated rings. The molecule has 0 bridgehead atoms. The van der Waals surface area contributed by atoms with Gasteiger partial charge in [-0.25, -0.2) is 10.1 Å². The number of rotatable bonds is 4. The van der Waals surface area contributed by atoms with Gasteiger partial charge >= 0.3 is 0 Å². The van der Waals surface area contributed by atoms with E-state index in [0.29, 0.717) is 29.2 Å². The number of nitrogens with zero attached hydrogens (tertiary/aromatic N) is 3. The number of fused-ring (bicyclic) bond motifs is 2. The maximum atomic E-state index is 12.7. The lowest BCUT2D eigenvalue weighted by atomic mass is 9.74. The van der Waals surface area contributed by atoms with Crippen molar-refractivity contribution in [3.8, 4) is 0 Å². The third kappa shape index (κ3) is 2.67. The molecular weight excluding hydrogens is 316 g/mol. The van der Waals surface area contributed by atoms with Crippen LogP contribution in [0.15, 0.2) is 46.3 Å². The number of aromatic nitrogens is 2. The van der Waals surface area contributed by atoms with Gasteiger partial charge in [-0.3, -0.25) is 9.59 Å². The molecule has 6 heteroatoms. The summed E-state index contributed by atoms with van der Waals surface area (Å²) in [5, 5.41) is 9.66. The fraction of sp³-hybridized carbons (Fsp3) is 0.368. The number of hydrogen-bond acceptors (Lipinski definition) is 4. The summed E-state index contributed by atoms with van der Waals surface area (Å²) in [4.78, 5) is 25.1. The Labute approximate surface area is 145 Å². The first-order valence-electron chi connectivity index (χ1n) is 8.72. The number of benzene rings is 1. The van der Waals surface area contributed by atoms with E-state index in [-0.39, 0.29) is 17.2 Å². The average molecular weight is 336 g/mol. The number of carbonyl (C=O) groups excluding carboxylic acids is 1. The van der Waals surface area contributed by atoms with Crippen molar-refractivity contribution in [2.45, 2.75) is 32.7 Å². The summed E-state index contributed by atoms with van der Waals surface area (Å²) in [5.41, 5.74) is 3.75. The normalized spacial score (nSPS) is 22.8. The molecule has 1 amide bonds. The van der Waals surface area contributed by atoms with Crippen molar-refractivity contribution < 1.29 is 4.79 Å². The van der Waals surface area contributed by atoms with E-state index in [2.05, 4.69) is 27.8 Å². The number of aryl methyl sites for hydroxylation is 1. The molecule has 2 aromatic rings. The molecule has 2 atom stereocenters. The fourth-order valence-electron chi connectivity index (χ4n) is 3.61. The number of carbonyl (C=O) groups is 1. The number of hydrazone groups is 1. The molecule has 4 rings (SSSR count). The summed E-state index contributed by atoms with van der Waals surface area (Å²) in [6.45, 7) is 2.45. The standard InChI is InChI=1S/C19H20N4O2/c1-2-10-23-19(25)15-8-4-3-7-14(15)17(22-23)18(24)21-20-16-11-12-6-5-9-13(12)16/h3-8,12-13H,2,9-11H2,1H3,(H,21,24)/b20-16-/t12-,13-/m1/s1. The van der Waals surface area contributed by atoms with Crippen molar-refractivity contribution in [2.24, 2.45) is 16.9 Å². The fourth-order valence-corrected chi connectivity index (χ4v) is 3.61. The molecule has 0 unspecified atom stereocenters. The highest BCUT2D eigenvalue weighted by molar-refractivity contribution is 6.05. The van der Waals surface area contributed by atoms with Gasteiger partial charge in [0.1, 0.15) is 0 Å². The van der Waals surface area contributed by atoms with Gasteiger partial charge in [-0.15, -0.1) is 0 Å². The quantitative estimate of drug-likeness (QED) is 0.688. The van der Waals surface area contributed by atoms with Crippen molar-refractivity contribution in [1.82, 2.24) is 15.2 Å². The molecule has 6 nitrogen and oxygen atoms in total. The van der Waals surface area contributed by atoms with Crippen LogP contribution in [0, 0.1) is 11.8 Å². The summed E-state index contributed by atoms with van der Waals surface area (Å²) in [6, 6.07) is 7.08. The second-order valence-corrected chi connectivity index (χ2v) is 6.60. The zero-order valence-electron chi connectivity index (χ0n) is 14.1. The number of amides is 1. The third-order valence-corrected chi connectivity index (χ3v) is 4.98. The minimum absolute atomic E-state index is 0.167. The van der Waals surface area contributed by atoms with Crippen LogP contribution in [0.3, 0.4) is 0 Å². The van der Waals surface area contributed by atoms with E-state index < -0.39 is 0 Å². The highest BCUT2D eigenvalue weighted by Crippen LogP contribution is 2.40. The molecule has 1 saturated carbocycles. The molecular formula is C19H20N4O2. The van der Waals surface area contributed by atoms with Crippen LogP contribution in [0.4, 0.5) is 0 Å². The predicted molar refractivity (Wildman–Crippen MR) is 96.5 cm³/mol. The van der Waals surface area contributed by atoms with Crippen molar-refractivity contribution in [1.29, 1.82) is 0 Å². The molecule has 1 aromatic heterocycles. The highest BCUT2D eigenvalue weighted by Gasteiger charge is 2.38. The Balaban J connectivity index is 1.66. The Morgan fingerprint density at radius 2 is 2.16 bits per heavy atom. The Morgan fingerprint density at radius 3 is 2.92 bits per heavy atom. The largest absolute Gasteiger partial charge is 0.292 e. The van der Waals surface area contributed by atoms with Gasteiger partial charge in [0.2, 0.25) is 0 Å². The van der Waals surface area contributed by atoms with Crippen molar-refractivity contribution in [3.63, 3.8) is 0 Å². The zero-order chi connectivity index (χ0) is 17.4. The molecule has 0 saturated heterocycles. The van der Waals surface area contributed by atoms with Crippen molar-refractivity contribution >= 4 is 22.4 Å². The molecule has 1 aromatic carbocycles. The number of nitrogens with one attached hydrogen (secondary N) is 1. The summed E-state index contributed by atoms with van der Waals surface area (Å²) >= 11 is 0. The molecule has 2 aliphatic rings. The Kier molecular flexibility index (Phi) is 3.95. The van der Waals surface area contributed by atoms with Crippen LogP contribution in [0.1, 0.15) is 36.7 Å². The van der Waals surface area contributed by atoms with Crippen molar-refractivity contribution in [2.75, 3.05) is 0 Å². The zero-order valence-corrected chi connectivity index (χ0v) is 14.1. The molecule has 0 spiro atoms. The molecule has 0 aliphatic heterocycles. The SMILES string of the molecule is CCCn1nc(C(=O)N/N=C2/C[C@H]3C=CC[C@@H]23)c2ccccc2c1=O. The van der Waals surface area contributed by atoms with Crippen LogP contribution in [0.5, 0.6) is 0 Å². The lowest BCUT2D eigenvalue weighted by Gasteiger charge is -2.31. The van der Waals surface area contributed by atoms with Gasteiger partial charge in [-0.2, -0.15) is 10.2 Å². The van der Waals surface area contributed by atoms with E-state index in [1.165, 1.54) is 4.68 Å². The first-order chi connectivity index (χ1) is 12.2. The number of allylic oxidation sites excluding steroid dienone is 2. The molecule has 2 aliphatic carbocycles. The lowest BCUT2D eigenvalue weighted by Crippen LogP contribution is -2.36.